The number of ether oxygens (including phenoxy) is 2. The molecule has 0 fully saturated rings. The van der Waals surface area contributed by atoms with Gasteiger partial charge in [0, 0.05) is 12.1 Å². The van der Waals surface area contributed by atoms with Crippen molar-refractivity contribution in [1.82, 2.24) is 4.90 Å². The van der Waals surface area contributed by atoms with Gasteiger partial charge in [0.2, 0.25) is 0 Å². The number of nitrogens with zero attached hydrogens (tertiary/aromatic N) is 2. The van der Waals surface area contributed by atoms with Crippen molar-refractivity contribution in [3.05, 3.63) is 71.3 Å². The van der Waals surface area contributed by atoms with E-state index in [0.29, 0.717) is 6.61 Å². The quantitative estimate of drug-likeness (QED) is 0.140. The largest absolute Gasteiger partial charge is 0.493 e. The number of aryl methyl sites for hydroxylation is 2. The molecule has 0 heterocycles. The van der Waals surface area contributed by atoms with Crippen LogP contribution in [0.1, 0.15) is 49.3 Å². The lowest BCUT2D eigenvalue weighted by Crippen LogP contribution is -2.27. The Balaban J connectivity index is 1.66. The Labute approximate surface area is 200 Å². The number of allylic oxidation sites excluding steroid dienone is 1. The molecule has 5 nitrogen and oxygen atoms in total. The summed E-state index contributed by atoms with van der Waals surface area (Å²) in [4.78, 5) is 7.35. The molecule has 0 bridgehead atoms. The summed E-state index contributed by atoms with van der Waals surface area (Å²) in [6.45, 7) is 9.30. The van der Waals surface area contributed by atoms with Crippen molar-refractivity contribution >= 4 is 5.71 Å². The van der Waals surface area contributed by atoms with Crippen LogP contribution in [0.3, 0.4) is 0 Å². The molecule has 0 amide bonds. The van der Waals surface area contributed by atoms with Gasteiger partial charge in [-0.05, 0) is 70.5 Å². The fourth-order valence-electron chi connectivity index (χ4n) is 3.72. The van der Waals surface area contributed by atoms with Crippen LogP contribution in [0.2, 0.25) is 0 Å². The summed E-state index contributed by atoms with van der Waals surface area (Å²) in [5.74, 6) is 1.88. The van der Waals surface area contributed by atoms with Crippen molar-refractivity contribution in [3.8, 4) is 11.5 Å². The second kappa shape index (κ2) is 15.1. The Morgan fingerprint density at radius 1 is 0.970 bits per heavy atom. The maximum absolute atomic E-state index is 6.09. The van der Waals surface area contributed by atoms with Gasteiger partial charge in [0.15, 0.2) is 0 Å². The highest BCUT2D eigenvalue weighted by Gasteiger charge is 2.09. The van der Waals surface area contributed by atoms with Gasteiger partial charge in [-0.25, -0.2) is 0 Å². The van der Waals surface area contributed by atoms with E-state index in [-0.39, 0.29) is 0 Å². The average molecular weight is 453 g/mol. The van der Waals surface area contributed by atoms with Gasteiger partial charge in [-0.2, -0.15) is 0 Å². The predicted octanol–water partition coefficient (Wildman–Crippen LogP) is 6.18. The summed E-state index contributed by atoms with van der Waals surface area (Å²) >= 11 is 0. The predicted molar refractivity (Wildman–Crippen MR) is 138 cm³/mol. The highest BCUT2D eigenvalue weighted by atomic mass is 16.6. The first-order chi connectivity index (χ1) is 16.0. The average Bonchev–Trinajstić information content (AvgIpc) is 2.80. The molecule has 0 aliphatic rings. The summed E-state index contributed by atoms with van der Waals surface area (Å²) in [6.07, 6.45) is 8.55. The van der Waals surface area contributed by atoms with Crippen molar-refractivity contribution < 1.29 is 14.3 Å². The van der Waals surface area contributed by atoms with Gasteiger partial charge in [0.1, 0.15) is 30.9 Å². The molecule has 180 valence electrons. The standard InChI is InChI=1S/C28H40N2O3/c1-6-7-18-32-26-20-23(2)28(24(3)21-26)33-19-14-9-8-13-17-30(4)22-27(29-31-5)25-15-11-10-12-16-25/h6-7,10-12,15-16,20-21H,8-9,13-14,17-19,22H2,1-5H3/b7-6+,29-27?. The van der Waals surface area contributed by atoms with E-state index in [9.17, 15) is 0 Å². The molecular weight excluding hydrogens is 412 g/mol. The third-order valence-electron chi connectivity index (χ3n) is 5.42. The number of rotatable bonds is 15. The van der Waals surface area contributed by atoms with Crippen LogP contribution in [-0.4, -0.2) is 51.1 Å². The molecule has 5 heteroatoms. The summed E-state index contributed by atoms with van der Waals surface area (Å²) in [6, 6.07) is 14.3. The zero-order valence-electron chi connectivity index (χ0n) is 21.0. The molecule has 0 saturated carbocycles. The third kappa shape index (κ3) is 9.70. The molecule has 0 aromatic heterocycles. The Kier molecular flexibility index (Phi) is 12.1. The van der Waals surface area contributed by atoms with Crippen LogP contribution >= 0.6 is 0 Å². The zero-order valence-corrected chi connectivity index (χ0v) is 21.0. The minimum Gasteiger partial charge on any atom is -0.493 e. The minimum atomic E-state index is 0.595. The van der Waals surface area contributed by atoms with Gasteiger partial charge in [-0.1, -0.05) is 60.5 Å². The Hall–Kier alpha value is -2.79. The van der Waals surface area contributed by atoms with Gasteiger partial charge < -0.3 is 19.2 Å². The molecule has 0 spiro atoms. The zero-order chi connectivity index (χ0) is 23.9. The topological polar surface area (TPSA) is 43.3 Å². The van der Waals surface area contributed by atoms with Crippen molar-refractivity contribution in [2.45, 2.75) is 46.5 Å². The summed E-state index contributed by atoms with van der Waals surface area (Å²) in [5, 5.41) is 4.22. The Morgan fingerprint density at radius 3 is 2.33 bits per heavy atom. The lowest BCUT2D eigenvalue weighted by atomic mass is 10.1. The summed E-state index contributed by atoms with van der Waals surface area (Å²) < 4.78 is 11.8. The van der Waals surface area contributed by atoms with Gasteiger partial charge in [-0.3, -0.25) is 0 Å². The van der Waals surface area contributed by atoms with Crippen LogP contribution in [0.4, 0.5) is 0 Å². The number of benzene rings is 2. The van der Waals surface area contributed by atoms with Crippen LogP contribution in [0.5, 0.6) is 11.5 Å². The fraction of sp³-hybridized carbons (Fsp3) is 0.464. The van der Waals surface area contributed by atoms with E-state index in [2.05, 4.69) is 55.2 Å². The minimum absolute atomic E-state index is 0.595. The number of likely N-dealkylation sites (N-methyl/N-ethyl adjacent to an activating group) is 1. The Morgan fingerprint density at radius 2 is 1.67 bits per heavy atom. The van der Waals surface area contributed by atoms with E-state index in [0.717, 1.165) is 72.9 Å². The van der Waals surface area contributed by atoms with Crippen molar-refractivity contribution in [2.24, 2.45) is 5.16 Å². The first-order valence-corrected chi connectivity index (χ1v) is 11.9. The van der Waals surface area contributed by atoms with Gasteiger partial charge in [0.25, 0.3) is 0 Å². The fourth-order valence-corrected chi connectivity index (χ4v) is 3.72. The molecule has 33 heavy (non-hydrogen) atoms. The first kappa shape index (κ1) is 26.5. The van der Waals surface area contributed by atoms with E-state index >= 15 is 0 Å². The maximum Gasteiger partial charge on any atom is 0.125 e. The lowest BCUT2D eigenvalue weighted by Gasteiger charge is -2.18. The number of hydrogen-bond acceptors (Lipinski definition) is 5. The molecule has 0 atom stereocenters. The smallest absolute Gasteiger partial charge is 0.125 e. The van der Waals surface area contributed by atoms with E-state index < -0.39 is 0 Å². The van der Waals surface area contributed by atoms with E-state index in [1.165, 1.54) is 6.42 Å². The van der Waals surface area contributed by atoms with E-state index in [1.807, 2.05) is 37.3 Å². The van der Waals surface area contributed by atoms with E-state index in [1.54, 1.807) is 7.11 Å². The third-order valence-corrected chi connectivity index (χ3v) is 5.42. The van der Waals surface area contributed by atoms with Gasteiger partial charge in [0.05, 0.1) is 6.61 Å². The highest BCUT2D eigenvalue weighted by molar-refractivity contribution is 6.01. The number of oxime groups is 1. The van der Waals surface area contributed by atoms with Crippen molar-refractivity contribution in [3.63, 3.8) is 0 Å². The summed E-state index contributed by atoms with van der Waals surface area (Å²) in [7, 11) is 3.73. The highest BCUT2D eigenvalue weighted by Crippen LogP contribution is 2.28. The number of hydrogen-bond donors (Lipinski definition) is 0. The maximum atomic E-state index is 6.09. The second-order valence-corrected chi connectivity index (χ2v) is 8.35. The first-order valence-electron chi connectivity index (χ1n) is 11.9. The number of unbranched alkanes of at least 4 members (excludes halogenated alkanes) is 3. The Bertz CT molecular complexity index is 855. The molecule has 0 radical (unpaired) electrons. The van der Waals surface area contributed by atoms with Crippen molar-refractivity contribution in [1.29, 1.82) is 0 Å². The molecule has 0 N–H and O–H groups in total. The van der Waals surface area contributed by atoms with Crippen LogP contribution in [-0.2, 0) is 4.84 Å². The molecule has 0 saturated heterocycles. The van der Waals surface area contributed by atoms with Crippen LogP contribution in [0.15, 0.2) is 59.8 Å². The van der Waals surface area contributed by atoms with E-state index in [4.69, 9.17) is 14.3 Å². The van der Waals surface area contributed by atoms with Gasteiger partial charge in [-0.15, -0.1) is 0 Å². The van der Waals surface area contributed by atoms with Crippen molar-refractivity contribution in [2.75, 3.05) is 40.5 Å². The normalized spacial score (nSPS) is 11.9. The lowest BCUT2D eigenvalue weighted by molar-refractivity contribution is 0.211. The SMILES string of the molecule is C/C=C/COc1cc(C)c(OCCCCCCN(C)CC(=NOC)c2ccccc2)c(C)c1. The molecule has 0 aliphatic heterocycles. The van der Waals surface area contributed by atoms with Crippen LogP contribution in [0, 0.1) is 13.8 Å². The monoisotopic (exact) mass is 452 g/mol. The van der Waals surface area contributed by atoms with Crippen LogP contribution < -0.4 is 9.47 Å². The molecule has 2 aromatic rings. The molecule has 2 rings (SSSR count). The molecule has 0 unspecified atom stereocenters. The molecule has 0 aliphatic carbocycles. The molecular formula is C28H40N2O3. The van der Waals surface area contributed by atoms with Crippen LogP contribution in [0.25, 0.3) is 0 Å². The second-order valence-electron chi connectivity index (χ2n) is 8.35. The molecule has 2 aromatic carbocycles. The summed E-state index contributed by atoms with van der Waals surface area (Å²) in [5.41, 5.74) is 4.31. The van der Waals surface area contributed by atoms with Gasteiger partial charge >= 0.3 is 0 Å².